The van der Waals surface area contributed by atoms with Crippen LogP contribution in [0.1, 0.15) is 50.0 Å². The molecule has 8 heteroatoms. The monoisotopic (exact) mass is 458 g/mol. The van der Waals surface area contributed by atoms with Gasteiger partial charge in [-0.3, -0.25) is 9.80 Å². The van der Waals surface area contributed by atoms with Crippen molar-refractivity contribution in [1.82, 2.24) is 29.5 Å². The summed E-state index contributed by atoms with van der Waals surface area (Å²) in [6.07, 6.45) is 9.78. The van der Waals surface area contributed by atoms with Crippen LogP contribution in [-0.2, 0) is 0 Å². The summed E-state index contributed by atoms with van der Waals surface area (Å²) in [6, 6.07) is 16.1. The van der Waals surface area contributed by atoms with Gasteiger partial charge in [-0.2, -0.15) is 9.67 Å². The summed E-state index contributed by atoms with van der Waals surface area (Å²) in [4.78, 5) is 14.1. The van der Waals surface area contributed by atoms with Crippen LogP contribution in [0, 0.1) is 0 Å². The average Bonchev–Trinajstić information content (AvgIpc) is 3.68. The van der Waals surface area contributed by atoms with Crippen LogP contribution in [0.5, 0.6) is 0 Å². The van der Waals surface area contributed by atoms with Gasteiger partial charge in [-0.25, -0.2) is 4.98 Å². The maximum absolute atomic E-state index is 6.04. The fourth-order valence-electron chi connectivity index (χ4n) is 5.67. The predicted molar refractivity (Wildman–Crippen MR) is 134 cm³/mol. The second-order valence-electron chi connectivity index (χ2n) is 9.95. The number of piperazine rings is 1. The summed E-state index contributed by atoms with van der Waals surface area (Å²) in [5.41, 5.74) is 8.44. The highest BCUT2D eigenvalue weighted by Gasteiger charge is 2.34. The summed E-state index contributed by atoms with van der Waals surface area (Å²) < 4.78 is 1.54. The van der Waals surface area contributed by atoms with E-state index < -0.39 is 0 Å². The molecule has 3 fully saturated rings. The molecular formula is C26H34N8. The molecule has 0 unspecified atom stereocenters. The molecule has 178 valence electrons. The van der Waals surface area contributed by atoms with Gasteiger partial charge in [0.1, 0.15) is 0 Å². The lowest BCUT2D eigenvalue weighted by atomic mass is 9.81. The number of hydrogen-bond donors (Lipinski definition) is 2. The Bertz CT molecular complexity index is 1080. The Balaban J connectivity index is 1.02. The lowest BCUT2D eigenvalue weighted by Crippen LogP contribution is -2.51. The zero-order valence-corrected chi connectivity index (χ0v) is 19.7. The molecule has 8 nitrogen and oxygen atoms in total. The maximum atomic E-state index is 6.04. The van der Waals surface area contributed by atoms with Crippen molar-refractivity contribution >= 4 is 17.6 Å². The van der Waals surface area contributed by atoms with Gasteiger partial charge in [0.15, 0.2) is 5.82 Å². The van der Waals surface area contributed by atoms with Crippen LogP contribution < -0.4 is 11.1 Å². The van der Waals surface area contributed by atoms with Gasteiger partial charge < -0.3 is 11.1 Å². The van der Waals surface area contributed by atoms with Gasteiger partial charge in [-0.15, -0.1) is 5.10 Å². The number of nitrogens with one attached hydrogen (secondary N) is 1. The molecule has 0 amide bonds. The normalized spacial score (nSPS) is 24.2. The number of hydrogen-bond acceptors (Lipinski definition) is 7. The summed E-state index contributed by atoms with van der Waals surface area (Å²) in [5, 5.41) is 7.73. The van der Waals surface area contributed by atoms with E-state index in [-0.39, 0.29) is 0 Å². The van der Waals surface area contributed by atoms with Crippen molar-refractivity contribution in [3.63, 3.8) is 0 Å². The van der Waals surface area contributed by atoms with Crippen LogP contribution in [0.15, 0.2) is 48.7 Å². The molecule has 3 heterocycles. The van der Waals surface area contributed by atoms with Crippen LogP contribution in [0.25, 0.3) is 5.82 Å². The number of anilines is 3. The molecule has 1 aliphatic heterocycles. The Morgan fingerprint density at radius 2 is 1.44 bits per heavy atom. The molecule has 6 rings (SSSR count). The molecule has 0 bridgehead atoms. The molecule has 3 aromatic rings. The molecule has 0 radical (unpaired) electrons. The number of nitrogens with two attached hydrogens (primary N) is 1. The molecule has 0 spiro atoms. The van der Waals surface area contributed by atoms with E-state index in [0.717, 1.165) is 17.8 Å². The van der Waals surface area contributed by atoms with E-state index in [1.54, 1.807) is 10.9 Å². The highest BCUT2D eigenvalue weighted by Crippen LogP contribution is 2.36. The lowest BCUT2D eigenvalue weighted by molar-refractivity contribution is 0.0724. The minimum absolute atomic E-state index is 0.309. The summed E-state index contributed by atoms with van der Waals surface area (Å²) in [6.45, 7) is 5.08. The van der Waals surface area contributed by atoms with E-state index >= 15 is 0 Å². The van der Waals surface area contributed by atoms with Crippen molar-refractivity contribution in [2.45, 2.75) is 56.5 Å². The predicted octanol–water partition coefficient (Wildman–Crippen LogP) is 3.79. The van der Waals surface area contributed by atoms with Gasteiger partial charge in [0.05, 0.1) is 0 Å². The Morgan fingerprint density at radius 3 is 2.03 bits per heavy atom. The summed E-state index contributed by atoms with van der Waals surface area (Å²) in [7, 11) is 0. The number of rotatable bonds is 6. The first-order valence-corrected chi connectivity index (χ1v) is 12.7. The Hall–Kier alpha value is -2.97. The Labute approximate surface area is 201 Å². The van der Waals surface area contributed by atoms with Crippen molar-refractivity contribution in [2.24, 2.45) is 0 Å². The van der Waals surface area contributed by atoms with Crippen molar-refractivity contribution < 1.29 is 0 Å². The standard InChI is InChI=1S/C26H34N8/c27-25-30-26(31-34(25)24-3-1-2-14-28-24)29-21-8-4-19(5-9-21)20-6-10-22(11-7-20)32-15-17-33(18-16-32)23-12-13-23/h1-5,8-9,14,20,22-23H,6-7,10-13,15-18H2,(H3,27,29,30,31)/t20-,22-. The van der Waals surface area contributed by atoms with Gasteiger partial charge in [0.25, 0.3) is 0 Å². The first kappa shape index (κ1) is 21.6. The maximum Gasteiger partial charge on any atom is 0.248 e. The van der Waals surface area contributed by atoms with E-state index in [0.29, 0.717) is 23.6 Å². The van der Waals surface area contributed by atoms with Gasteiger partial charge in [0, 0.05) is 50.1 Å². The zero-order chi connectivity index (χ0) is 22.9. The van der Waals surface area contributed by atoms with Crippen molar-refractivity contribution in [1.29, 1.82) is 0 Å². The van der Waals surface area contributed by atoms with Crippen LogP contribution >= 0.6 is 0 Å². The average molecular weight is 459 g/mol. The SMILES string of the molecule is Nc1nc(Nc2ccc([C@H]3CC[C@H](N4CCN(C5CC5)CC4)CC3)cc2)nn1-c1ccccn1. The molecule has 2 saturated carbocycles. The molecule has 34 heavy (non-hydrogen) atoms. The first-order valence-electron chi connectivity index (χ1n) is 12.7. The van der Waals surface area contributed by atoms with Crippen molar-refractivity contribution in [2.75, 3.05) is 37.2 Å². The Morgan fingerprint density at radius 1 is 0.794 bits per heavy atom. The highest BCUT2D eigenvalue weighted by atomic mass is 15.4. The van der Waals surface area contributed by atoms with Crippen LogP contribution in [0.3, 0.4) is 0 Å². The molecule has 0 atom stereocenters. The minimum atomic E-state index is 0.309. The molecule has 3 aliphatic rings. The fourth-order valence-corrected chi connectivity index (χ4v) is 5.67. The van der Waals surface area contributed by atoms with E-state index in [1.165, 1.54) is 70.3 Å². The van der Waals surface area contributed by atoms with Crippen LogP contribution in [0.2, 0.25) is 0 Å². The van der Waals surface area contributed by atoms with E-state index in [4.69, 9.17) is 5.73 Å². The highest BCUT2D eigenvalue weighted by molar-refractivity contribution is 5.55. The van der Waals surface area contributed by atoms with Crippen molar-refractivity contribution in [3.8, 4) is 5.82 Å². The molecule has 2 aliphatic carbocycles. The van der Waals surface area contributed by atoms with E-state index in [1.807, 2.05) is 18.2 Å². The molecule has 3 N–H and O–H groups in total. The molecular weight excluding hydrogens is 424 g/mol. The number of nitrogen functional groups attached to an aromatic ring is 1. The fraction of sp³-hybridized carbons (Fsp3) is 0.500. The third-order valence-electron chi connectivity index (χ3n) is 7.76. The van der Waals surface area contributed by atoms with Gasteiger partial charge in [-0.1, -0.05) is 18.2 Å². The topological polar surface area (TPSA) is 88.1 Å². The van der Waals surface area contributed by atoms with E-state index in [9.17, 15) is 0 Å². The molecule has 2 aromatic heterocycles. The second kappa shape index (κ2) is 9.35. The molecule has 1 saturated heterocycles. The largest absolute Gasteiger partial charge is 0.368 e. The third kappa shape index (κ3) is 4.65. The summed E-state index contributed by atoms with van der Waals surface area (Å²) >= 11 is 0. The number of nitrogens with zero attached hydrogens (tertiary/aromatic N) is 6. The van der Waals surface area contributed by atoms with Gasteiger partial charge in [0.2, 0.25) is 11.9 Å². The van der Waals surface area contributed by atoms with Gasteiger partial charge >= 0.3 is 0 Å². The smallest absolute Gasteiger partial charge is 0.248 e. The van der Waals surface area contributed by atoms with Crippen molar-refractivity contribution in [3.05, 3.63) is 54.2 Å². The third-order valence-corrected chi connectivity index (χ3v) is 7.76. The summed E-state index contributed by atoms with van der Waals surface area (Å²) in [5.74, 6) is 2.09. The quantitative estimate of drug-likeness (QED) is 0.581. The van der Waals surface area contributed by atoms with E-state index in [2.05, 4.69) is 54.4 Å². The number of benzene rings is 1. The number of pyridine rings is 1. The lowest BCUT2D eigenvalue weighted by Gasteiger charge is -2.42. The molecule has 1 aromatic carbocycles. The first-order chi connectivity index (χ1) is 16.7. The van der Waals surface area contributed by atoms with Gasteiger partial charge in [-0.05, 0) is 74.3 Å². The number of aromatic nitrogens is 4. The zero-order valence-electron chi connectivity index (χ0n) is 19.7. The van der Waals surface area contributed by atoms with Crippen LogP contribution in [-0.4, -0.2) is 67.8 Å². The van der Waals surface area contributed by atoms with Crippen LogP contribution in [0.4, 0.5) is 17.6 Å². The Kier molecular flexibility index (Phi) is 5.93. The second-order valence-corrected chi connectivity index (χ2v) is 9.95. The minimum Gasteiger partial charge on any atom is -0.368 e.